The molecule has 0 saturated carbocycles. The van der Waals surface area contributed by atoms with Crippen LogP contribution in [-0.4, -0.2) is 35.6 Å². The van der Waals surface area contributed by atoms with Gasteiger partial charge < -0.3 is 14.5 Å². The van der Waals surface area contributed by atoms with Gasteiger partial charge in [-0.15, -0.1) is 0 Å². The van der Waals surface area contributed by atoms with Gasteiger partial charge in [-0.1, -0.05) is 12.1 Å². The number of halogens is 1. The Morgan fingerprint density at radius 3 is 2.96 bits per heavy atom. The molecule has 5 nitrogen and oxygen atoms in total. The van der Waals surface area contributed by atoms with Gasteiger partial charge in [0.25, 0.3) is 0 Å². The molecule has 6 heteroatoms. The summed E-state index contributed by atoms with van der Waals surface area (Å²) in [5, 5.41) is 2.83. The Bertz CT molecular complexity index is 907. The summed E-state index contributed by atoms with van der Waals surface area (Å²) in [6.07, 6.45) is 3.89. The largest absolute Gasteiger partial charge is 0.383 e. The minimum absolute atomic E-state index is 0.113. The smallest absolute Gasteiger partial charge is 0.221 e. The van der Waals surface area contributed by atoms with Crippen LogP contribution in [0.5, 0.6) is 0 Å². The lowest BCUT2D eigenvalue weighted by atomic mass is 9.92. The Hall–Kier alpha value is -2.73. The van der Waals surface area contributed by atoms with Crippen molar-refractivity contribution in [1.29, 1.82) is 0 Å². The maximum absolute atomic E-state index is 13.8. The van der Waals surface area contributed by atoms with E-state index in [1.54, 1.807) is 19.4 Å². The van der Waals surface area contributed by atoms with Gasteiger partial charge in [-0.2, -0.15) is 0 Å². The van der Waals surface area contributed by atoms with Gasteiger partial charge >= 0.3 is 0 Å². The van der Waals surface area contributed by atoms with E-state index in [2.05, 4.69) is 10.3 Å². The Labute approximate surface area is 151 Å². The first-order valence-corrected chi connectivity index (χ1v) is 8.53. The van der Waals surface area contributed by atoms with Gasteiger partial charge in [0.15, 0.2) is 0 Å². The minimum atomic E-state index is -0.322. The second kappa shape index (κ2) is 8.10. The van der Waals surface area contributed by atoms with Crippen LogP contribution in [0.1, 0.15) is 29.2 Å². The molecule has 1 aromatic carbocycles. The zero-order valence-corrected chi connectivity index (χ0v) is 14.9. The molecule has 1 amide bonds. The van der Waals surface area contributed by atoms with Crippen molar-refractivity contribution < 1.29 is 13.9 Å². The van der Waals surface area contributed by atoms with E-state index in [0.717, 1.165) is 22.5 Å². The highest BCUT2D eigenvalue weighted by atomic mass is 19.1. The van der Waals surface area contributed by atoms with E-state index in [-0.39, 0.29) is 24.1 Å². The first kappa shape index (κ1) is 18.1. The molecule has 0 fully saturated rings. The molecule has 0 aliphatic heterocycles. The van der Waals surface area contributed by atoms with Crippen LogP contribution >= 0.6 is 0 Å². The molecule has 1 unspecified atom stereocenters. The molecule has 26 heavy (non-hydrogen) atoms. The first-order chi connectivity index (χ1) is 12.6. The summed E-state index contributed by atoms with van der Waals surface area (Å²) in [6.45, 7) is 2.89. The number of ether oxygens (including phenoxy) is 1. The number of benzene rings is 1. The Morgan fingerprint density at radius 2 is 2.19 bits per heavy atom. The number of nitrogens with zero attached hydrogens (tertiary/aromatic N) is 2. The summed E-state index contributed by atoms with van der Waals surface area (Å²) in [5.74, 6) is -0.735. The lowest BCUT2D eigenvalue weighted by molar-refractivity contribution is -0.121. The third-order valence-corrected chi connectivity index (χ3v) is 4.32. The first-order valence-electron chi connectivity index (χ1n) is 8.53. The summed E-state index contributed by atoms with van der Waals surface area (Å²) < 4.78 is 20.7. The summed E-state index contributed by atoms with van der Waals surface area (Å²) in [6, 6.07) is 10.3. The average Bonchev–Trinajstić information content (AvgIpc) is 3.02. The van der Waals surface area contributed by atoms with Crippen LogP contribution in [-0.2, 0) is 9.53 Å². The van der Waals surface area contributed by atoms with E-state index in [0.29, 0.717) is 13.2 Å². The minimum Gasteiger partial charge on any atom is -0.383 e. The second-order valence-corrected chi connectivity index (χ2v) is 6.27. The average molecular weight is 355 g/mol. The number of pyridine rings is 1. The zero-order valence-electron chi connectivity index (χ0n) is 14.9. The number of carbonyl (C=O) groups is 1. The standard InChI is InChI=1S/C20H22FN3O2/c1-14-6-8-24-18(13-23-19(24)10-14)17(12-20(25)22-7-9-26-2)15-4-3-5-16(21)11-15/h3-6,8,10-11,13,17H,7,9,12H2,1-2H3,(H,22,25). The molecule has 3 aromatic rings. The molecule has 3 rings (SSSR count). The van der Waals surface area contributed by atoms with Gasteiger partial charge in [0.05, 0.1) is 12.3 Å². The van der Waals surface area contributed by atoms with E-state index >= 15 is 0 Å². The number of hydrogen-bond donors (Lipinski definition) is 1. The predicted molar refractivity (Wildman–Crippen MR) is 97.7 cm³/mol. The third-order valence-electron chi connectivity index (χ3n) is 4.32. The number of rotatable bonds is 7. The van der Waals surface area contributed by atoms with Crippen molar-refractivity contribution in [3.8, 4) is 0 Å². The summed E-state index contributed by atoms with van der Waals surface area (Å²) >= 11 is 0. The lowest BCUT2D eigenvalue weighted by Gasteiger charge is -2.17. The van der Waals surface area contributed by atoms with Crippen molar-refractivity contribution in [1.82, 2.24) is 14.7 Å². The van der Waals surface area contributed by atoms with E-state index in [1.165, 1.54) is 12.1 Å². The van der Waals surface area contributed by atoms with Crippen molar-refractivity contribution >= 4 is 11.6 Å². The van der Waals surface area contributed by atoms with Crippen LogP contribution in [0.25, 0.3) is 5.65 Å². The summed E-state index contributed by atoms with van der Waals surface area (Å²) in [5.41, 5.74) is 3.51. The molecule has 0 spiro atoms. The van der Waals surface area contributed by atoms with Crippen LogP contribution in [0.3, 0.4) is 0 Å². The SMILES string of the molecule is COCCNC(=O)CC(c1cccc(F)c1)c1cnc2cc(C)ccn12. The van der Waals surface area contributed by atoms with E-state index in [1.807, 2.05) is 35.7 Å². The van der Waals surface area contributed by atoms with E-state index < -0.39 is 0 Å². The van der Waals surface area contributed by atoms with Crippen LogP contribution in [0.4, 0.5) is 4.39 Å². The lowest BCUT2D eigenvalue weighted by Crippen LogP contribution is -2.28. The fraction of sp³-hybridized carbons (Fsp3) is 0.300. The van der Waals surface area contributed by atoms with Gasteiger partial charge in [-0.05, 0) is 42.3 Å². The van der Waals surface area contributed by atoms with Crippen LogP contribution in [0.15, 0.2) is 48.8 Å². The van der Waals surface area contributed by atoms with Crippen LogP contribution < -0.4 is 5.32 Å². The van der Waals surface area contributed by atoms with Crippen molar-refractivity contribution in [2.75, 3.05) is 20.3 Å². The molecule has 0 radical (unpaired) electrons. The zero-order chi connectivity index (χ0) is 18.5. The number of fused-ring (bicyclic) bond motifs is 1. The maximum atomic E-state index is 13.8. The molecule has 0 saturated heterocycles. The Kier molecular flexibility index (Phi) is 5.63. The number of aromatic nitrogens is 2. The fourth-order valence-electron chi connectivity index (χ4n) is 3.03. The molecular formula is C20H22FN3O2. The number of amides is 1. The molecule has 0 aliphatic rings. The topological polar surface area (TPSA) is 55.6 Å². The number of nitrogens with one attached hydrogen (secondary N) is 1. The highest BCUT2D eigenvalue weighted by molar-refractivity contribution is 5.77. The van der Waals surface area contributed by atoms with Crippen molar-refractivity contribution in [2.24, 2.45) is 0 Å². The normalized spacial score (nSPS) is 12.3. The number of methoxy groups -OCH3 is 1. The van der Waals surface area contributed by atoms with E-state index in [9.17, 15) is 9.18 Å². The van der Waals surface area contributed by atoms with Crippen LogP contribution in [0, 0.1) is 12.7 Å². The van der Waals surface area contributed by atoms with Gasteiger partial charge in [0.2, 0.25) is 5.91 Å². The van der Waals surface area contributed by atoms with Gasteiger partial charge in [-0.25, -0.2) is 9.37 Å². The van der Waals surface area contributed by atoms with E-state index in [4.69, 9.17) is 4.74 Å². The molecule has 136 valence electrons. The number of hydrogen-bond acceptors (Lipinski definition) is 3. The highest BCUT2D eigenvalue weighted by Gasteiger charge is 2.22. The van der Waals surface area contributed by atoms with Gasteiger partial charge in [-0.3, -0.25) is 4.79 Å². The molecule has 1 N–H and O–H groups in total. The summed E-state index contributed by atoms with van der Waals surface area (Å²) in [4.78, 5) is 16.8. The van der Waals surface area contributed by atoms with Crippen molar-refractivity contribution in [2.45, 2.75) is 19.3 Å². The van der Waals surface area contributed by atoms with Gasteiger partial charge in [0.1, 0.15) is 11.5 Å². The number of imidazole rings is 1. The summed E-state index contributed by atoms with van der Waals surface area (Å²) in [7, 11) is 1.59. The van der Waals surface area contributed by atoms with Crippen molar-refractivity contribution in [3.63, 3.8) is 0 Å². The fourth-order valence-corrected chi connectivity index (χ4v) is 3.03. The molecule has 0 aliphatic carbocycles. The monoisotopic (exact) mass is 355 g/mol. The molecule has 0 bridgehead atoms. The quantitative estimate of drug-likeness (QED) is 0.663. The van der Waals surface area contributed by atoms with Crippen molar-refractivity contribution in [3.05, 3.63) is 71.4 Å². The third kappa shape index (κ3) is 4.08. The van der Waals surface area contributed by atoms with Crippen LogP contribution in [0.2, 0.25) is 0 Å². The molecule has 2 heterocycles. The molecular weight excluding hydrogens is 333 g/mol. The maximum Gasteiger partial charge on any atom is 0.221 e. The second-order valence-electron chi connectivity index (χ2n) is 6.27. The van der Waals surface area contributed by atoms with Gasteiger partial charge in [0, 0.05) is 38.4 Å². The molecule has 2 aromatic heterocycles. The molecule has 1 atom stereocenters. The number of aryl methyl sites for hydroxylation is 1. The predicted octanol–water partition coefficient (Wildman–Crippen LogP) is 3.07. The Balaban J connectivity index is 1.95. The number of carbonyl (C=O) groups excluding carboxylic acids is 1. The highest BCUT2D eigenvalue weighted by Crippen LogP contribution is 2.29. The Morgan fingerprint density at radius 1 is 1.35 bits per heavy atom.